The van der Waals surface area contributed by atoms with Crippen LogP contribution in [0, 0.1) is 5.82 Å². The van der Waals surface area contributed by atoms with Gasteiger partial charge in [-0.25, -0.2) is 4.39 Å². The summed E-state index contributed by atoms with van der Waals surface area (Å²) in [5, 5.41) is 8.52. The summed E-state index contributed by atoms with van der Waals surface area (Å²) in [6.45, 7) is -0.142. The van der Waals surface area contributed by atoms with Crippen LogP contribution in [0.15, 0.2) is 18.2 Å². The number of esters is 1. The van der Waals surface area contributed by atoms with Crippen molar-refractivity contribution in [3.63, 3.8) is 0 Å². The van der Waals surface area contributed by atoms with Crippen LogP contribution in [-0.2, 0) is 16.0 Å². The van der Waals surface area contributed by atoms with Crippen LogP contribution in [0.2, 0.25) is 0 Å². The second-order valence-corrected chi connectivity index (χ2v) is 3.09. The second kappa shape index (κ2) is 6.07. The molecule has 5 heteroatoms. The highest BCUT2D eigenvalue weighted by Crippen LogP contribution is 2.18. The molecule has 0 aliphatic rings. The number of hydrogen-bond donors (Lipinski definition) is 1. The molecule has 0 aromatic heterocycles. The smallest absolute Gasteiger partial charge is 0.309 e. The molecule has 0 fully saturated rings. The Labute approximate surface area is 92.6 Å². The molecule has 0 radical (unpaired) electrons. The van der Waals surface area contributed by atoms with Gasteiger partial charge < -0.3 is 14.6 Å². The molecule has 0 aliphatic heterocycles. The molecule has 0 heterocycles. The van der Waals surface area contributed by atoms with Gasteiger partial charge in [-0.3, -0.25) is 4.79 Å². The molecule has 0 unspecified atom stereocenters. The van der Waals surface area contributed by atoms with Gasteiger partial charge in [-0.1, -0.05) is 6.07 Å². The van der Waals surface area contributed by atoms with E-state index in [4.69, 9.17) is 9.84 Å². The van der Waals surface area contributed by atoms with Crippen LogP contribution in [0.3, 0.4) is 0 Å². The van der Waals surface area contributed by atoms with E-state index in [1.54, 1.807) is 6.07 Å². The van der Waals surface area contributed by atoms with Crippen LogP contribution >= 0.6 is 0 Å². The fraction of sp³-hybridized carbons (Fsp3) is 0.364. The minimum absolute atomic E-state index is 0.0215. The van der Waals surface area contributed by atoms with Gasteiger partial charge in [-0.2, -0.15) is 0 Å². The first kappa shape index (κ1) is 12.4. The van der Waals surface area contributed by atoms with Gasteiger partial charge in [0.05, 0.1) is 20.1 Å². The van der Waals surface area contributed by atoms with Crippen LogP contribution in [0.4, 0.5) is 4.39 Å². The summed E-state index contributed by atoms with van der Waals surface area (Å²) in [7, 11) is 1.28. The molecule has 0 saturated carbocycles. The van der Waals surface area contributed by atoms with E-state index in [-0.39, 0.29) is 25.4 Å². The summed E-state index contributed by atoms with van der Waals surface area (Å²) in [5.74, 6) is -0.930. The van der Waals surface area contributed by atoms with E-state index in [1.807, 2.05) is 0 Å². The van der Waals surface area contributed by atoms with Crippen molar-refractivity contribution in [2.24, 2.45) is 0 Å². The van der Waals surface area contributed by atoms with E-state index < -0.39 is 11.8 Å². The van der Waals surface area contributed by atoms with Gasteiger partial charge in [0.1, 0.15) is 6.61 Å². The summed E-state index contributed by atoms with van der Waals surface area (Å²) in [6, 6.07) is 4.21. The first-order valence-electron chi connectivity index (χ1n) is 4.76. The monoisotopic (exact) mass is 228 g/mol. The molecule has 1 rings (SSSR count). The Bertz CT molecular complexity index is 365. The summed E-state index contributed by atoms with van der Waals surface area (Å²) in [5.41, 5.74) is 0.515. The number of benzene rings is 1. The molecule has 0 bridgehead atoms. The highest BCUT2D eigenvalue weighted by molar-refractivity contribution is 5.72. The second-order valence-electron chi connectivity index (χ2n) is 3.09. The number of carbonyl (C=O) groups excluding carboxylic acids is 1. The summed E-state index contributed by atoms with van der Waals surface area (Å²) >= 11 is 0. The fourth-order valence-electron chi connectivity index (χ4n) is 1.17. The van der Waals surface area contributed by atoms with Gasteiger partial charge in [0.2, 0.25) is 0 Å². The maximum absolute atomic E-state index is 13.4. The maximum atomic E-state index is 13.4. The number of ether oxygens (including phenoxy) is 2. The Morgan fingerprint density at radius 2 is 2.25 bits per heavy atom. The molecule has 88 valence electrons. The van der Waals surface area contributed by atoms with Crippen molar-refractivity contribution in [3.8, 4) is 5.75 Å². The zero-order valence-electron chi connectivity index (χ0n) is 8.90. The Balaban J connectivity index is 2.70. The van der Waals surface area contributed by atoms with Crippen molar-refractivity contribution < 1.29 is 23.8 Å². The number of hydrogen-bond acceptors (Lipinski definition) is 4. The Hall–Kier alpha value is -1.62. The minimum atomic E-state index is -0.560. The molecule has 0 aliphatic carbocycles. The van der Waals surface area contributed by atoms with E-state index in [9.17, 15) is 9.18 Å². The number of aliphatic hydroxyl groups excluding tert-OH is 1. The first-order valence-corrected chi connectivity index (χ1v) is 4.76. The van der Waals surface area contributed by atoms with Crippen molar-refractivity contribution >= 4 is 5.97 Å². The lowest BCUT2D eigenvalue weighted by atomic mass is 10.1. The summed E-state index contributed by atoms with van der Waals surface area (Å²) in [4.78, 5) is 10.9. The van der Waals surface area contributed by atoms with Gasteiger partial charge in [0.15, 0.2) is 11.6 Å². The predicted molar refractivity (Wildman–Crippen MR) is 54.7 cm³/mol. The lowest BCUT2D eigenvalue weighted by Gasteiger charge is -2.06. The van der Waals surface area contributed by atoms with Crippen LogP contribution < -0.4 is 4.74 Å². The number of aliphatic hydroxyl groups is 1. The molecule has 1 N–H and O–H groups in total. The van der Waals surface area contributed by atoms with E-state index >= 15 is 0 Å². The normalized spacial score (nSPS) is 9.94. The molecule has 4 nitrogen and oxygen atoms in total. The first-order chi connectivity index (χ1) is 7.67. The molecule has 16 heavy (non-hydrogen) atoms. The third-order valence-electron chi connectivity index (χ3n) is 1.92. The molecule has 1 aromatic rings. The quantitative estimate of drug-likeness (QED) is 0.761. The Morgan fingerprint density at radius 3 is 2.81 bits per heavy atom. The lowest BCUT2D eigenvalue weighted by Crippen LogP contribution is -2.06. The van der Waals surface area contributed by atoms with Crippen LogP contribution in [0.1, 0.15) is 5.56 Å². The van der Waals surface area contributed by atoms with Crippen LogP contribution in [0.25, 0.3) is 0 Å². The molecular weight excluding hydrogens is 215 g/mol. The van der Waals surface area contributed by atoms with Crippen molar-refractivity contribution in [2.75, 3.05) is 20.3 Å². The molecule has 0 atom stereocenters. The largest absolute Gasteiger partial charge is 0.488 e. The lowest BCUT2D eigenvalue weighted by molar-refractivity contribution is -0.139. The highest BCUT2D eigenvalue weighted by Gasteiger charge is 2.08. The third kappa shape index (κ3) is 3.51. The SMILES string of the molecule is COC(=O)Cc1ccc(OCCO)c(F)c1. The van der Waals surface area contributed by atoms with Crippen molar-refractivity contribution in [1.29, 1.82) is 0 Å². The number of carbonyl (C=O) groups is 1. The van der Waals surface area contributed by atoms with Crippen molar-refractivity contribution in [3.05, 3.63) is 29.6 Å². The van der Waals surface area contributed by atoms with Gasteiger partial charge in [0, 0.05) is 0 Å². The van der Waals surface area contributed by atoms with Gasteiger partial charge in [0.25, 0.3) is 0 Å². The van der Waals surface area contributed by atoms with Gasteiger partial charge in [-0.15, -0.1) is 0 Å². The van der Waals surface area contributed by atoms with Gasteiger partial charge in [-0.05, 0) is 17.7 Å². The molecule has 0 spiro atoms. The number of methoxy groups -OCH3 is 1. The van der Waals surface area contributed by atoms with E-state index in [0.29, 0.717) is 5.56 Å². The average molecular weight is 228 g/mol. The minimum Gasteiger partial charge on any atom is -0.488 e. The highest BCUT2D eigenvalue weighted by atomic mass is 19.1. The maximum Gasteiger partial charge on any atom is 0.309 e. The Morgan fingerprint density at radius 1 is 1.50 bits per heavy atom. The number of rotatable bonds is 5. The van der Waals surface area contributed by atoms with E-state index in [0.717, 1.165) is 0 Å². The van der Waals surface area contributed by atoms with Crippen molar-refractivity contribution in [2.45, 2.75) is 6.42 Å². The topological polar surface area (TPSA) is 55.8 Å². The third-order valence-corrected chi connectivity index (χ3v) is 1.92. The molecular formula is C11H13FO4. The zero-order valence-corrected chi connectivity index (χ0v) is 8.90. The standard InChI is InChI=1S/C11H13FO4/c1-15-11(14)7-8-2-3-10(9(12)6-8)16-5-4-13/h2-3,6,13H,4-5,7H2,1H3. The van der Waals surface area contributed by atoms with Crippen LogP contribution in [-0.4, -0.2) is 31.4 Å². The zero-order chi connectivity index (χ0) is 12.0. The number of halogens is 1. The Kier molecular flexibility index (Phi) is 4.72. The van der Waals surface area contributed by atoms with Crippen LogP contribution in [0.5, 0.6) is 5.75 Å². The fourth-order valence-corrected chi connectivity index (χ4v) is 1.17. The molecule has 0 amide bonds. The summed E-state index contributed by atoms with van der Waals surface area (Å²) in [6.07, 6.45) is 0.0215. The molecule has 0 saturated heterocycles. The summed E-state index contributed by atoms with van der Waals surface area (Å²) < 4.78 is 22.8. The van der Waals surface area contributed by atoms with E-state index in [2.05, 4.69) is 4.74 Å². The predicted octanol–water partition coefficient (Wildman–Crippen LogP) is 0.912. The van der Waals surface area contributed by atoms with Crippen molar-refractivity contribution in [1.82, 2.24) is 0 Å². The van der Waals surface area contributed by atoms with E-state index in [1.165, 1.54) is 19.2 Å². The van der Waals surface area contributed by atoms with Gasteiger partial charge >= 0.3 is 5.97 Å². The molecule has 1 aromatic carbocycles. The average Bonchev–Trinajstić information content (AvgIpc) is 2.28.